The molecule has 0 amide bonds. The lowest BCUT2D eigenvalue weighted by atomic mass is 9.80. The summed E-state index contributed by atoms with van der Waals surface area (Å²) >= 11 is 0. The quantitative estimate of drug-likeness (QED) is 0.512. The van der Waals surface area contributed by atoms with Crippen molar-refractivity contribution in [2.75, 3.05) is 11.9 Å². The number of hydrogen-bond donors (Lipinski definition) is 3. The number of nitrogens with zero attached hydrogens (tertiary/aromatic N) is 5. The van der Waals surface area contributed by atoms with Crippen molar-refractivity contribution in [2.24, 2.45) is 0 Å². The molecular weight excluding hydrogens is 403 g/mol. The van der Waals surface area contributed by atoms with Gasteiger partial charge in [0.25, 0.3) is 0 Å². The summed E-state index contributed by atoms with van der Waals surface area (Å²) in [5.74, 6) is 1.39. The first-order valence-electron chi connectivity index (χ1n) is 10.7. The second-order valence-electron chi connectivity index (χ2n) is 7.99. The van der Waals surface area contributed by atoms with Crippen molar-refractivity contribution in [1.82, 2.24) is 19.9 Å². The molecule has 0 saturated carbocycles. The molecule has 1 fully saturated rings. The maximum atomic E-state index is 9.32. The van der Waals surface area contributed by atoms with E-state index in [1.54, 1.807) is 24.4 Å². The molecule has 3 heterocycles. The van der Waals surface area contributed by atoms with Gasteiger partial charge in [-0.15, -0.1) is 0 Å². The van der Waals surface area contributed by atoms with Crippen LogP contribution in [0.5, 0.6) is 0 Å². The Labute approximate surface area is 187 Å². The molecule has 162 valence electrons. The van der Waals surface area contributed by atoms with Gasteiger partial charge in [0.05, 0.1) is 23.6 Å². The van der Waals surface area contributed by atoms with Gasteiger partial charge in [0, 0.05) is 12.6 Å². The summed E-state index contributed by atoms with van der Waals surface area (Å²) < 4.78 is 0. The van der Waals surface area contributed by atoms with Gasteiger partial charge >= 0.3 is 7.12 Å². The van der Waals surface area contributed by atoms with E-state index in [-0.39, 0.29) is 6.04 Å². The van der Waals surface area contributed by atoms with Crippen LogP contribution in [-0.2, 0) is 6.54 Å². The standard InChI is InChI=1S/C23H25BN6O2/c1-16-27-21(12-23(28-16)29-20-10-9-19(13-25)26-14-20)22-4-2-3-11-30(22)15-17-5-7-18(8-6-17)24(31)32/h5-10,12,14,22,31-32H,2-4,11,15H2,1H3,(H,27,28,29). The molecule has 0 spiro atoms. The highest BCUT2D eigenvalue weighted by Crippen LogP contribution is 2.32. The summed E-state index contributed by atoms with van der Waals surface area (Å²) in [5, 5.41) is 30.8. The van der Waals surface area contributed by atoms with E-state index in [1.807, 2.05) is 37.3 Å². The first-order valence-corrected chi connectivity index (χ1v) is 10.7. The van der Waals surface area contributed by atoms with E-state index in [9.17, 15) is 10.0 Å². The molecule has 32 heavy (non-hydrogen) atoms. The molecule has 9 heteroatoms. The van der Waals surface area contributed by atoms with Crippen LogP contribution in [0.1, 0.15) is 48.1 Å². The molecule has 0 bridgehead atoms. The monoisotopic (exact) mass is 428 g/mol. The Bertz CT molecular complexity index is 1100. The first kappa shape index (κ1) is 21.9. The number of aromatic nitrogens is 3. The van der Waals surface area contributed by atoms with Crippen LogP contribution in [0.25, 0.3) is 0 Å². The van der Waals surface area contributed by atoms with Crippen molar-refractivity contribution >= 4 is 24.1 Å². The van der Waals surface area contributed by atoms with Crippen molar-refractivity contribution < 1.29 is 10.0 Å². The van der Waals surface area contributed by atoms with Gasteiger partial charge in [0.1, 0.15) is 23.4 Å². The number of benzene rings is 1. The lowest BCUT2D eigenvalue weighted by molar-refractivity contribution is 0.137. The zero-order valence-electron chi connectivity index (χ0n) is 17.9. The number of nitrogens with one attached hydrogen (secondary N) is 1. The van der Waals surface area contributed by atoms with Gasteiger partial charge in [0.2, 0.25) is 0 Å². The predicted molar refractivity (Wildman–Crippen MR) is 122 cm³/mol. The maximum absolute atomic E-state index is 9.32. The number of pyridine rings is 1. The molecule has 1 unspecified atom stereocenters. The zero-order valence-corrected chi connectivity index (χ0v) is 17.9. The minimum atomic E-state index is -1.45. The molecule has 1 saturated heterocycles. The Morgan fingerprint density at radius 1 is 1.16 bits per heavy atom. The van der Waals surface area contributed by atoms with E-state index in [2.05, 4.69) is 20.2 Å². The van der Waals surface area contributed by atoms with Crippen LogP contribution in [-0.4, -0.2) is 43.6 Å². The summed E-state index contributed by atoms with van der Waals surface area (Å²) in [5.41, 5.74) is 3.72. The summed E-state index contributed by atoms with van der Waals surface area (Å²) in [6, 6.07) is 15.0. The molecule has 1 aliphatic rings. The molecule has 0 aliphatic carbocycles. The molecule has 0 radical (unpaired) electrons. The van der Waals surface area contributed by atoms with Crippen LogP contribution in [0, 0.1) is 18.3 Å². The fraction of sp³-hybridized carbons (Fsp3) is 0.304. The fourth-order valence-electron chi connectivity index (χ4n) is 4.05. The molecule has 8 nitrogen and oxygen atoms in total. The van der Waals surface area contributed by atoms with Crippen molar-refractivity contribution in [1.29, 1.82) is 5.26 Å². The zero-order chi connectivity index (χ0) is 22.5. The number of nitriles is 1. The molecule has 1 aliphatic heterocycles. The summed E-state index contributed by atoms with van der Waals surface area (Å²) in [6.45, 7) is 3.62. The van der Waals surface area contributed by atoms with Gasteiger partial charge in [-0.3, -0.25) is 4.90 Å². The highest BCUT2D eigenvalue weighted by molar-refractivity contribution is 6.58. The van der Waals surface area contributed by atoms with Gasteiger partial charge in [-0.1, -0.05) is 30.7 Å². The Kier molecular flexibility index (Phi) is 6.76. The van der Waals surface area contributed by atoms with Crippen molar-refractivity contribution in [2.45, 2.75) is 38.8 Å². The number of hydrogen-bond acceptors (Lipinski definition) is 8. The number of aryl methyl sites for hydroxylation is 1. The van der Waals surface area contributed by atoms with Crippen molar-refractivity contribution in [3.63, 3.8) is 0 Å². The van der Waals surface area contributed by atoms with Crippen molar-refractivity contribution in [3.8, 4) is 6.07 Å². The van der Waals surface area contributed by atoms with Crippen LogP contribution in [0.3, 0.4) is 0 Å². The summed E-state index contributed by atoms with van der Waals surface area (Å²) in [6.07, 6.45) is 4.91. The number of anilines is 2. The number of rotatable bonds is 6. The van der Waals surface area contributed by atoms with E-state index >= 15 is 0 Å². The fourth-order valence-corrected chi connectivity index (χ4v) is 4.05. The van der Waals surface area contributed by atoms with Gasteiger partial charge in [0.15, 0.2) is 0 Å². The SMILES string of the molecule is Cc1nc(Nc2ccc(C#N)nc2)cc(C2CCCCN2Cc2ccc(B(O)O)cc2)n1. The number of piperidine rings is 1. The molecule has 1 aromatic carbocycles. The third-order valence-corrected chi connectivity index (χ3v) is 5.63. The van der Waals surface area contributed by atoms with E-state index in [4.69, 9.17) is 10.2 Å². The molecular formula is C23H25BN6O2. The lowest BCUT2D eigenvalue weighted by Crippen LogP contribution is -2.34. The molecule has 3 N–H and O–H groups in total. The maximum Gasteiger partial charge on any atom is 0.488 e. The molecule has 3 aromatic rings. The van der Waals surface area contributed by atoms with Gasteiger partial charge in [-0.2, -0.15) is 5.26 Å². The summed E-state index contributed by atoms with van der Waals surface area (Å²) in [7, 11) is -1.45. The number of likely N-dealkylation sites (tertiary alicyclic amines) is 1. The topological polar surface area (TPSA) is 118 Å². The Balaban J connectivity index is 1.54. The van der Waals surface area contributed by atoms with Crippen LogP contribution >= 0.6 is 0 Å². The highest BCUT2D eigenvalue weighted by Gasteiger charge is 2.26. The van der Waals surface area contributed by atoms with Gasteiger partial charge < -0.3 is 15.4 Å². The lowest BCUT2D eigenvalue weighted by Gasteiger charge is -2.35. The van der Waals surface area contributed by atoms with E-state index < -0.39 is 7.12 Å². The highest BCUT2D eigenvalue weighted by atomic mass is 16.4. The molecule has 4 rings (SSSR count). The molecule has 2 aromatic heterocycles. The second-order valence-corrected chi connectivity index (χ2v) is 7.99. The van der Waals surface area contributed by atoms with Crippen molar-refractivity contribution in [3.05, 3.63) is 71.4 Å². The smallest absolute Gasteiger partial charge is 0.423 e. The third-order valence-electron chi connectivity index (χ3n) is 5.63. The third kappa shape index (κ3) is 5.29. The second kappa shape index (κ2) is 9.87. The largest absolute Gasteiger partial charge is 0.488 e. The Morgan fingerprint density at radius 2 is 1.97 bits per heavy atom. The Morgan fingerprint density at radius 3 is 2.66 bits per heavy atom. The normalized spacial score (nSPS) is 16.4. The van der Waals surface area contributed by atoms with Crippen LogP contribution < -0.4 is 10.8 Å². The van der Waals surface area contributed by atoms with Gasteiger partial charge in [-0.25, -0.2) is 15.0 Å². The van der Waals surface area contributed by atoms with Gasteiger partial charge in [-0.05, 0) is 49.5 Å². The van der Waals surface area contributed by atoms with Crippen LogP contribution in [0.15, 0.2) is 48.7 Å². The van der Waals surface area contributed by atoms with Crippen LogP contribution in [0.4, 0.5) is 11.5 Å². The van der Waals surface area contributed by atoms with Crippen LogP contribution in [0.2, 0.25) is 0 Å². The minimum absolute atomic E-state index is 0.174. The summed E-state index contributed by atoms with van der Waals surface area (Å²) in [4.78, 5) is 15.8. The first-order chi connectivity index (χ1) is 15.5. The predicted octanol–water partition coefficient (Wildman–Crippen LogP) is 2.20. The Hall–Kier alpha value is -3.32. The van der Waals surface area contributed by atoms with E-state index in [0.717, 1.165) is 49.3 Å². The average molecular weight is 428 g/mol. The molecule has 1 atom stereocenters. The van der Waals surface area contributed by atoms with E-state index in [0.29, 0.717) is 22.8 Å². The average Bonchev–Trinajstić information content (AvgIpc) is 2.80. The minimum Gasteiger partial charge on any atom is -0.423 e. The van der Waals surface area contributed by atoms with E-state index in [1.165, 1.54) is 0 Å².